The van der Waals surface area contributed by atoms with Gasteiger partial charge in [0.15, 0.2) is 0 Å². The molecule has 4 heteroatoms. The van der Waals surface area contributed by atoms with Crippen LogP contribution in [0, 0.1) is 5.92 Å². The number of ether oxygens (including phenoxy) is 1. The van der Waals surface area contributed by atoms with Crippen molar-refractivity contribution >= 4 is 5.91 Å². The van der Waals surface area contributed by atoms with Gasteiger partial charge in [0.2, 0.25) is 5.91 Å². The molecule has 0 atom stereocenters. The molecular formula is C9H18N2O2. The van der Waals surface area contributed by atoms with Crippen molar-refractivity contribution in [3.63, 3.8) is 0 Å². The van der Waals surface area contributed by atoms with Gasteiger partial charge >= 0.3 is 0 Å². The van der Waals surface area contributed by atoms with Gasteiger partial charge in [-0.05, 0) is 25.2 Å². The summed E-state index contributed by atoms with van der Waals surface area (Å²) in [4.78, 5) is 11.2. The Morgan fingerprint density at radius 1 is 1.54 bits per heavy atom. The number of hydrazine groups is 1. The summed E-state index contributed by atoms with van der Waals surface area (Å²) in [7, 11) is 1.59. The molecule has 13 heavy (non-hydrogen) atoms. The molecule has 0 aromatic rings. The van der Waals surface area contributed by atoms with Gasteiger partial charge in [-0.2, -0.15) is 0 Å². The summed E-state index contributed by atoms with van der Waals surface area (Å²) in [5.74, 6) is 5.98. The Morgan fingerprint density at radius 2 is 2.15 bits per heavy atom. The van der Waals surface area contributed by atoms with E-state index in [9.17, 15) is 4.79 Å². The van der Waals surface area contributed by atoms with Crippen LogP contribution >= 0.6 is 0 Å². The quantitative estimate of drug-likeness (QED) is 0.397. The first-order chi connectivity index (χ1) is 6.20. The molecule has 0 saturated carbocycles. The summed E-state index contributed by atoms with van der Waals surface area (Å²) in [6.07, 6.45) is 3.69. The molecule has 76 valence electrons. The molecule has 1 rings (SSSR count). The third-order valence-electron chi connectivity index (χ3n) is 2.50. The highest BCUT2D eigenvalue weighted by atomic mass is 16.5. The Hall–Kier alpha value is -0.610. The SMILES string of the molecule is CN(N)C(=O)CCC1CCOCC1. The molecule has 0 aromatic heterocycles. The molecule has 0 spiro atoms. The van der Waals surface area contributed by atoms with Crippen molar-refractivity contribution in [1.29, 1.82) is 0 Å². The Labute approximate surface area is 79.0 Å². The lowest BCUT2D eigenvalue weighted by Crippen LogP contribution is -2.33. The standard InChI is InChI=1S/C9H18N2O2/c1-11(10)9(12)3-2-8-4-6-13-7-5-8/h8H,2-7,10H2,1H3. The maximum Gasteiger partial charge on any atom is 0.236 e. The first-order valence-electron chi connectivity index (χ1n) is 4.79. The second-order valence-corrected chi connectivity index (χ2v) is 3.60. The summed E-state index contributed by atoms with van der Waals surface area (Å²) in [6.45, 7) is 1.69. The van der Waals surface area contributed by atoms with Gasteiger partial charge in [0.1, 0.15) is 0 Å². The number of carbonyl (C=O) groups excluding carboxylic acids is 1. The van der Waals surface area contributed by atoms with Crippen molar-refractivity contribution in [1.82, 2.24) is 5.01 Å². The predicted molar refractivity (Wildman–Crippen MR) is 49.7 cm³/mol. The van der Waals surface area contributed by atoms with Gasteiger partial charge in [0.25, 0.3) is 0 Å². The minimum Gasteiger partial charge on any atom is -0.381 e. The Kier molecular flexibility index (Phi) is 4.18. The van der Waals surface area contributed by atoms with Gasteiger partial charge in [0, 0.05) is 26.7 Å². The van der Waals surface area contributed by atoms with Gasteiger partial charge in [-0.15, -0.1) is 0 Å². The lowest BCUT2D eigenvalue weighted by atomic mass is 9.95. The van der Waals surface area contributed by atoms with Crippen LogP contribution < -0.4 is 5.84 Å². The third kappa shape index (κ3) is 3.74. The molecule has 2 N–H and O–H groups in total. The fourth-order valence-corrected chi connectivity index (χ4v) is 1.54. The highest BCUT2D eigenvalue weighted by Gasteiger charge is 2.15. The average Bonchev–Trinajstić information content (AvgIpc) is 2.15. The van der Waals surface area contributed by atoms with Crippen LogP contribution in [0.1, 0.15) is 25.7 Å². The van der Waals surface area contributed by atoms with Crippen molar-refractivity contribution in [2.24, 2.45) is 11.8 Å². The van der Waals surface area contributed by atoms with E-state index in [0.717, 1.165) is 32.5 Å². The van der Waals surface area contributed by atoms with Crippen molar-refractivity contribution in [2.75, 3.05) is 20.3 Å². The maximum atomic E-state index is 11.2. The second kappa shape index (κ2) is 5.19. The molecule has 1 aliphatic rings. The zero-order valence-corrected chi connectivity index (χ0v) is 8.16. The van der Waals surface area contributed by atoms with E-state index in [4.69, 9.17) is 10.6 Å². The highest BCUT2D eigenvalue weighted by molar-refractivity contribution is 5.75. The second-order valence-electron chi connectivity index (χ2n) is 3.60. The minimum atomic E-state index is 0.0199. The van der Waals surface area contributed by atoms with E-state index in [0.29, 0.717) is 12.3 Å². The molecule has 0 bridgehead atoms. The summed E-state index contributed by atoms with van der Waals surface area (Å²) in [6, 6.07) is 0. The summed E-state index contributed by atoms with van der Waals surface area (Å²) in [5, 5.41) is 1.17. The summed E-state index contributed by atoms with van der Waals surface area (Å²) in [5.41, 5.74) is 0. The topological polar surface area (TPSA) is 55.6 Å². The molecular weight excluding hydrogens is 168 g/mol. The fourth-order valence-electron chi connectivity index (χ4n) is 1.54. The van der Waals surface area contributed by atoms with Crippen molar-refractivity contribution < 1.29 is 9.53 Å². The summed E-state index contributed by atoms with van der Waals surface area (Å²) >= 11 is 0. The molecule has 0 unspecified atom stereocenters. The Balaban J connectivity index is 2.13. The Morgan fingerprint density at radius 3 is 2.69 bits per heavy atom. The number of hydrogen-bond donors (Lipinski definition) is 1. The van der Waals surface area contributed by atoms with Crippen LogP contribution in [0.4, 0.5) is 0 Å². The molecule has 0 aromatic carbocycles. The van der Waals surface area contributed by atoms with Crippen molar-refractivity contribution in [3.8, 4) is 0 Å². The highest BCUT2D eigenvalue weighted by Crippen LogP contribution is 2.19. The molecule has 1 fully saturated rings. The number of amides is 1. The number of carbonyl (C=O) groups is 1. The monoisotopic (exact) mass is 186 g/mol. The molecule has 4 nitrogen and oxygen atoms in total. The molecule has 1 aliphatic heterocycles. The van der Waals surface area contributed by atoms with E-state index >= 15 is 0 Å². The van der Waals surface area contributed by atoms with E-state index in [1.807, 2.05) is 0 Å². The van der Waals surface area contributed by atoms with Gasteiger partial charge < -0.3 is 4.74 Å². The van der Waals surface area contributed by atoms with Crippen LogP contribution in [-0.4, -0.2) is 31.2 Å². The summed E-state index contributed by atoms with van der Waals surface area (Å²) < 4.78 is 5.23. The average molecular weight is 186 g/mol. The van der Waals surface area contributed by atoms with Crippen LogP contribution in [-0.2, 0) is 9.53 Å². The predicted octanol–water partition coefficient (Wildman–Crippen LogP) is 0.525. The fraction of sp³-hybridized carbons (Fsp3) is 0.889. The number of nitrogens with zero attached hydrogens (tertiary/aromatic N) is 1. The zero-order valence-electron chi connectivity index (χ0n) is 8.16. The number of nitrogens with two attached hydrogens (primary N) is 1. The number of hydrogen-bond acceptors (Lipinski definition) is 3. The van der Waals surface area contributed by atoms with Crippen LogP contribution in [0.2, 0.25) is 0 Å². The first kappa shape index (κ1) is 10.5. The van der Waals surface area contributed by atoms with E-state index in [-0.39, 0.29) is 5.91 Å². The normalized spacial score (nSPS) is 18.6. The smallest absolute Gasteiger partial charge is 0.236 e. The van der Waals surface area contributed by atoms with Gasteiger partial charge in [0.05, 0.1) is 0 Å². The van der Waals surface area contributed by atoms with Gasteiger partial charge in [-0.3, -0.25) is 9.80 Å². The maximum absolute atomic E-state index is 11.2. The molecule has 0 aliphatic carbocycles. The van der Waals surface area contributed by atoms with Gasteiger partial charge in [-0.1, -0.05) is 0 Å². The van der Waals surface area contributed by atoms with Crippen LogP contribution in [0.25, 0.3) is 0 Å². The van der Waals surface area contributed by atoms with Crippen LogP contribution in [0.15, 0.2) is 0 Å². The number of rotatable bonds is 3. The van der Waals surface area contributed by atoms with Crippen molar-refractivity contribution in [3.05, 3.63) is 0 Å². The lowest BCUT2D eigenvalue weighted by molar-refractivity contribution is -0.130. The molecule has 1 heterocycles. The zero-order chi connectivity index (χ0) is 9.68. The van der Waals surface area contributed by atoms with Gasteiger partial charge in [-0.25, -0.2) is 5.84 Å². The van der Waals surface area contributed by atoms with E-state index in [1.165, 1.54) is 5.01 Å². The van der Waals surface area contributed by atoms with Crippen molar-refractivity contribution in [2.45, 2.75) is 25.7 Å². The Bertz CT molecular complexity index is 165. The largest absolute Gasteiger partial charge is 0.381 e. The van der Waals surface area contributed by atoms with Crippen LogP contribution in [0.5, 0.6) is 0 Å². The lowest BCUT2D eigenvalue weighted by Gasteiger charge is -2.22. The van der Waals surface area contributed by atoms with Crippen LogP contribution in [0.3, 0.4) is 0 Å². The first-order valence-corrected chi connectivity index (χ1v) is 4.79. The third-order valence-corrected chi connectivity index (χ3v) is 2.50. The molecule has 1 saturated heterocycles. The molecule has 1 amide bonds. The minimum absolute atomic E-state index is 0.0199. The molecule has 0 radical (unpaired) electrons. The van der Waals surface area contributed by atoms with E-state index < -0.39 is 0 Å². The van der Waals surface area contributed by atoms with E-state index in [2.05, 4.69) is 0 Å². The van der Waals surface area contributed by atoms with E-state index in [1.54, 1.807) is 7.05 Å².